The minimum atomic E-state index is 0.942. The highest BCUT2D eigenvalue weighted by Crippen LogP contribution is 2.42. The maximum atomic E-state index is 5.23. The molecule has 9 aromatic carbocycles. The molecule has 3 heterocycles. The number of nitrogens with zero attached hydrogens (tertiary/aromatic N) is 3. The zero-order valence-electron chi connectivity index (χ0n) is 33.9. The number of hydrogen-bond acceptors (Lipinski definition) is 1. The average molecular weight is 790 g/mol. The molecule has 3 aromatic heterocycles. The van der Waals surface area contributed by atoms with E-state index in [4.69, 9.17) is 4.98 Å². The minimum Gasteiger partial charge on any atom is -0.307 e. The van der Waals surface area contributed by atoms with Crippen LogP contribution in [-0.2, 0) is 0 Å². The van der Waals surface area contributed by atoms with E-state index in [1.807, 2.05) is 0 Å². The molecule has 62 heavy (non-hydrogen) atoms. The molecule has 0 spiro atoms. The van der Waals surface area contributed by atoms with Crippen molar-refractivity contribution in [3.63, 3.8) is 0 Å². The third kappa shape index (κ3) is 6.02. The van der Waals surface area contributed by atoms with Crippen molar-refractivity contribution in [3.8, 4) is 67.3 Å². The van der Waals surface area contributed by atoms with Crippen LogP contribution in [0.25, 0.3) is 111 Å². The van der Waals surface area contributed by atoms with Crippen molar-refractivity contribution in [1.29, 1.82) is 0 Å². The lowest BCUT2D eigenvalue weighted by Gasteiger charge is -2.14. The van der Waals surface area contributed by atoms with Crippen molar-refractivity contribution in [3.05, 3.63) is 237 Å². The van der Waals surface area contributed by atoms with Crippen LogP contribution < -0.4 is 0 Å². The second-order valence-corrected chi connectivity index (χ2v) is 16.0. The van der Waals surface area contributed by atoms with E-state index in [0.717, 1.165) is 39.5 Å². The van der Waals surface area contributed by atoms with E-state index in [0.29, 0.717) is 0 Å². The topological polar surface area (TPSA) is 22.8 Å². The molecular formula is C59H39N3. The van der Waals surface area contributed by atoms with Gasteiger partial charge in [0.1, 0.15) is 0 Å². The molecule has 3 heteroatoms. The molecule has 0 aliphatic heterocycles. The molecule has 0 saturated heterocycles. The molecule has 290 valence electrons. The van der Waals surface area contributed by atoms with Crippen LogP contribution in [0.5, 0.6) is 0 Å². The van der Waals surface area contributed by atoms with Crippen molar-refractivity contribution in [2.24, 2.45) is 0 Å². The summed E-state index contributed by atoms with van der Waals surface area (Å²) < 4.78 is 4.92. The van der Waals surface area contributed by atoms with E-state index in [9.17, 15) is 0 Å². The molecule has 0 amide bonds. The predicted octanol–water partition coefficient (Wildman–Crippen LogP) is 15.6. The fraction of sp³-hybridized carbons (Fsp3) is 0. The smallest absolute Gasteiger partial charge is 0.0788 e. The van der Waals surface area contributed by atoms with E-state index < -0.39 is 0 Å². The van der Waals surface area contributed by atoms with Gasteiger partial charge in [0.15, 0.2) is 0 Å². The van der Waals surface area contributed by atoms with Gasteiger partial charge in [0.05, 0.1) is 33.5 Å². The van der Waals surface area contributed by atoms with E-state index >= 15 is 0 Å². The van der Waals surface area contributed by atoms with Crippen LogP contribution in [0.3, 0.4) is 0 Å². The number of aromatic nitrogens is 3. The Hall–Kier alpha value is -8.27. The molecule has 0 radical (unpaired) electrons. The highest BCUT2D eigenvalue weighted by atomic mass is 15.0. The standard InChI is InChI=1S/C59H39N3/c1-4-14-40(15-5-1)42-24-26-43(27-25-42)44-28-32-48(33-29-44)61-56-22-12-10-20-50(56)52-36-37-53-51-21-11-13-23-57(51)62(59(53)58(52)61)49-34-30-46(31-35-49)55-39-47(41-16-6-2-7-17-41)38-54(60-55)45-18-8-3-9-19-45/h1-39H. The molecule has 3 nitrogen and oxygen atoms in total. The van der Waals surface area contributed by atoms with Crippen LogP contribution >= 0.6 is 0 Å². The maximum absolute atomic E-state index is 5.23. The van der Waals surface area contributed by atoms with Crippen molar-refractivity contribution < 1.29 is 0 Å². The normalized spacial score (nSPS) is 11.5. The molecule has 0 unspecified atom stereocenters. The molecule has 0 saturated carbocycles. The summed E-state index contributed by atoms with van der Waals surface area (Å²) in [6, 6.07) is 85.1. The fourth-order valence-electron chi connectivity index (χ4n) is 9.34. The summed E-state index contributed by atoms with van der Waals surface area (Å²) in [6.45, 7) is 0. The summed E-state index contributed by atoms with van der Waals surface area (Å²) >= 11 is 0. The van der Waals surface area contributed by atoms with Gasteiger partial charge in [-0.2, -0.15) is 0 Å². The summed E-state index contributed by atoms with van der Waals surface area (Å²) in [5, 5.41) is 4.91. The van der Waals surface area contributed by atoms with E-state index in [1.165, 1.54) is 71.4 Å². The van der Waals surface area contributed by atoms with Crippen molar-refractivity contribution in [1.82, 2.24) is 14.1 Å². The van der Waals surface area contributed by atoms with Crippen LogP contribution in [0.1, 0.15) is 0 Å². The summed E-state index contributed by atoms with van der Waals surface area (Å²) in [5.74, 6) is 0. The Bertz CT molecular complexity index is 3510. The third-order valence-corrected chi connectivity index (χ3v) is 12.3. The monoisotopic (exact) mass is 789 g/mol. The SMILES string of the molecule is c1ccc(-c2ccc(-c3ccc(-n4c5ccccc5c5ccc6c7ccccc7n(-c7ccc(-c8cc(-c9ccccc9)cc(-c9ccccc9)n8)cc7)c6c54)cc3)cc2)cc1. The molecule has 12 aromatic rings. The van der Waals surface area contributed by atoms with Gasteiger partial charge in [-0.05, 0) is 81.9 Å². The largest absolute Gasteiger partial charge is 0.307 e. The highest BCUT2D eigenvalue weighted by molar-refractivity contribution is 6.23. The van der Waals surface area contributed by atoms with Crippen LogP contribution in [0.4, 0.5) is 0 Å². The predicted molar refractivity (Wildman–Crippen MR) is 260 cm³/mol. The first-order valence-corrected chi connectivity index (χ1v) is 21.2. The number of hydrogen-bond donors (Lipinski definition) is 0. The van der Waals surface area contributed by atoms with Crippen LogP contribution in [0, 0.1) is 0 Å². The third-order valence-electron chi connectivity index (χ3n) is 12.3. The van der Waals surface area contributed by atoms with Crippen LogP contribution in [0.2, 0.25) is 0 Å². The number of benzene rings is 9. The summed E-state index contributed by atoms with van der Waals surface area (Å²) in [5.41, 5.74) is 18.2. The highest BCUT2D eigenvalue weighted by Gasteiger charge is 2.21. The Kier molecular flexibility index (Phi) is 8.50. The first kappa shape index (κ1) is 35.7. The van der Waals surface area contributed by atoms with Gasteiger partial charge in [-0.3, -0.25) is 0 Å². The zero-order valence-corrected chi connectivity index (χ0v) is 33.9. The minimum absolute atomic E-state index is 0.942. The van der Waals surface area contributed by atoms with E-state index in [2.05, 4.69) is 246 Å². The Balaban J connectivity index is 1.01. The lowest BCUT2D eigenvalue weighted by molar-refractivity contribution is 1.15. The molecule has 12 rings (SSSR count). The molecule has 0 fully saturated rings. The summed E-state index contributed by atoms with van der Waals surface area (Å²) in [7, 11) is 0. The molecule has 0 aliphatic rings. The lowest BCUT2D eigenvalue weighted by Crippen LogP contribution is -1.99. The maximum Gasteiger partial charge on any atom is 0.0788 e. The van der Waals surface area contributed by atoms with Gasteiger partial charge in [0, 0.05) is 44.0 Å². The second kappa shape index (κ2) is 14.8. The Morgan fingerprint density at radius 3 is 1.02 bits per heavy atom. The van der Waals surface area contributed by atoms with Gasteiger partial charge < -0.3 is 9.13 Å². The van der Waals surface area contributed by atoms with Crippen LogP contribution in [0.15, 0.2) is 237 Å². The average Bonchev–Trinajstić information content (AvgIpc) is 3.88. The molecular weight excluding hydrogens is 751 g/mol. The zero-order chi connectivity index (χ0) is 41.0. The van der Waals surface area contributed by atoms with Crippen molar-refractivity contribution >= 4 is 43.6 Å². The first-order valence-electron chi connectivity index (χ1n) is 21.2. The summed E-state index contributed by atoms with van der Waals surface area (Å²) in [6.07, 6.45) is 0. The van der Waals surface area contributed by atoms with Gasteiger partial charge in [0.2, 0.25) is 0 Å². The van der Waals surface area contributed by atoms with Gasteiger partial charge in [-0.1, -0.05) is 188 Å². The van der Waals surface area contributed by atoms with Gasteiger partial charge in [0.25, 0.3) is 0 Å². The van der Waals surface area contributed by atoms with Gasteiger partial charge in [-0.25, -0.2) is 4.98 Å². The molecule has 0 atom stereocenters. The summed E-state index contributed by atoms with van der Waals surface area (Å²) in [4.78, 5) is 5.23. The van der Waals surface area contributed by atoms with Crippen LogP contribution in [-0.4, -0.2) is 14.1 Å². The molecule has 0 bridgehead atoms. The fourth-order valence-corrected chi connectivity index (χ4v) is 9.34. The second-order valence-electron chi connectivity index (χ2n) is 16.0. The Morgan fingerprint density at radius 1 is 0.242 bits per heavy atom. The number of fused-ring (bicyclic) bond motifs is 7. The first-order chi connectivity index (χ1) is 30.7. The molecule has 0 N–H and O–H groups in total. The quantitative estimate of drug-likeness (QED) is 0.158. The van der Waals surface area contributed by atoms with Crippen molar-refractivity contribution in [2.75, 3.05) is 0 Å². The Morgan fingerprint density at radius 2 is 0.565 bits per heavy atom. The lowest BCUT2D eigenvalue weighted by atomic mass is 10.00. The molecule has 0 aliphatic carbocycles. The van der Waals surface area contributed by atoms with Crippen molar-refractivity contribution in [2.45, 2.75) is 0 Å². The van der Waals surface area contributed by atoms with Gasteiger partial charge >= 0.3 is 0 Å². The Labute approximate surface area is 360 Å². The van der Waals surface area contributed by atoms with Gasteiger partial charge in [-0.15, -0.1) is 0 Å². The number of rotatable bonds is 7. The number of pyridine rings is 1. The van der Waals surface area contributed by atoms with E-state index in [1.54, 1.807) is 0 Å². The number of para-hydroxylation sites is 2. The van der Waals surface area contributed by atoms with E-state index in [-0.39, 0.29) is 0 Å².